The molecule has 4 aromatic carbocycles. The molecule has 34 heavy (non-hydrogen) atoms. The smallest absolute Gasteiger partial charge is 0.339 e. The Morgan fingerprint density at radius 2 is 1.29 bits per heavy atom. The lowest BCUT2D eigenvalue weighted by Gasteiger charge is -2.18. The number of hydrogen-bond donors (Lipinski definition) is 0. The van der Waals surface area contributed by atoms with Crippen LogP contribution in [0.4, 0.5) is 0 Å². The first kappa shape index (κ1) is 21.3. The van der Waals surface area contributed by atoms with Crippen molar-refractivity contribution in [2.75, 3.05) is 7.11 Å². The highest BCUT2D eigenvalue weighted by Crippen LogP contribution is 2.37. The Labute approximate surface area is 196 Å². The van der Waals surface area contributed by atoms with Gasteiger partial charge in [0.1, 0.15) is 5.75 Å². The van der Waals surface area contributed by atoms with Crippen LogP contribution in [0.3, 0.4) is 0 Å². The summed E-state index contributed by atoms with van der Waals surface area (Å²) in [5.41, 5.74) is 3.87. The molecule has 1 aliphatic rings. The summed E-state index contributed by atoms with van der Waals surface area (Å²) < 4.78 is 10.9. The van der Waals surface area contributed by atoms with Gasteiger partial charge in [0.2, 0.25) is 5.78 Å². The molecule has 1 unspecified atom stereocenters. The molecule has 0 bridgehead atoms. The molecule has 1 aliphatic carbocycles. The Kier molecular flexibility index (Phi) is 5.52. The van der Waals surface area contributed by atoms with Crippen LogP contribution in [-0.2, 0) is 4.74 Å². The molecule has 5 rings (SSSR count). The molecule has 166 valence electrons. The molecule has 0 radical (unpaired) electrons. The Bertz CT molecular complexity index is 1400. The SMILES string of the molecule is COc1ccc(C(=O)C(OC(=O)c2ccc3c(c2)-c2ccccc2C3=O)c2ccccc2)cc1. The van der Waals surface area contributed by atoms with Gasteiger partial charge in [-0.15, -0.1) is 0 Å². The number of ether oxygens (including phenoxy) is 2. The lowest BCUT2D eigenvalue weighted by molar-refractivity contribution is 0.0280. The van der Waals surface area contributed by atoms with Gasteiger partial charge in [-0.2, -0.15) is 0 Å². The summed E-state index contributed by atoms with van der Waals surface area (Å²) >= 11 is 0. The lowest BCUT2D eigenvalue weighted by atomic mass is 9.99. The summed E-state index contributed by atoms with van der Waals surface area (Å²) in [4.78, 5) is 39.2. The lowest BCUT2D eigenvalue weighted by Crippen LogP contribution is -2.20. The van der Waals surface area contributed by atoms with Crippen LogP contribution in [-0.4, -0.2) is 24.6 Å². The van der Waals surface area contributed by atoms with Crippen molar-refractivity contribution in [3.05, 3.63) is 125 Å². The maximum Gasteiger partial charge on any atom is 0.339 e. The fourth-order valence-corrected chi connectivity index (χ4v) is 4.14. The molecular weight excluding hydrogens is 428 g/mol. The second-order valence-corrected chi connectivity index (χ2v) is 7.92. The highest BCUT2D eigenvalue weighted by molar-refractivity contribution is 6.22. The Balaban J connectivity index is 1.47. The van der Waals surface area contributed by atoms with Gasteiger partial charge >= 0.3 is 5.97 Å². The summed E-state index contributed by atoms with van der Waals surface area (Å²) in [7, 11) is 1.55. The van der Waals surface area contributed by atoms with E-state index in [1.54, 1.807) is 79.9 Å². The predicted octanol–water partition coefficient (Wildman–Crippen LogP) is 5.69. The van der Waals surface area contributed by atoms with Crippen LogP contribution in [0.1, 0.15) is 48.3 Å². The average molecular weight is 448 g/mol. The third-order valence-electron chi connectivity index (χ3n) is 5.90. The first-order chi connectivity index (χ1) is 16.6. The maximum absolute atomic E-state index is 13.3. The number of carbonyl (C=O) groups excluding carboxylic acids is 3. The number of methoxy groups -OCH3 is 1. The van der Waals surface area contributed by atoms with Crippen molar-refractivity contribution in [2.24, 2.45) is 0 Å². The highest BCUT2D eigenvalue weighted by atomic mass is 16.5. The number of Topliss-reactive ketones (excluding diaryl/α,β-unsaturated/α-hetero) is 1. The van der Waals surface area contributed by atoms with Crippen molar-refractivity contribution in [3.63, 3.8) is 0 Å². The molecule has 1 atom stereocenters. The quantitative estimate of drug-likeness (QED) is 0.247. The van der Waals surface area contributed by atoms with Crippen molar-refractivity contribution in [1.29, 1.82) is 0 Å². The van der Waals surface area contributed by atoms with E-state index in [9.17, 15) is 14.4 Å². The Hall–Kier alpha value is -4.51. The molecule has 0 heterocycles. The summed E-state index contributed by atoms with van der Waals surface area (Å²) in [6.45, 7) is 0. The van der Waals surface area contributed by atoms with Gasteiger partial charge in [0, 0.05) is 22.3 Å². The van der Waals surface area contributed by atoms with E-state index in [-0.39, 0.29) is 17.1 Å². The largest absolute Gasteiger partial charge is 0.497 e. The van der Waals surface area contributed by atoms with E-state index in [1.807, 2.05) is 24.3 Å². The standard InChI is InChI=1S/C29H20O5/c1-33-21-14-11-18(12-15-21)26(30)28(19-7-3-2-4-8-19)34-29(32)20-13-16-24-25(17-20)22-9-5-6-10-23(22)27(24)31/h2-17,28H,1H3. The fraction of sp³-hybridized carbons (Fsp3) is 0.0690. The summed E-state index contributed by atoms with van der Waals surface area (Å²) in [5.74, 6) is -0.431. The minimum atomic E-state index is -1.12. The van der Waals surface area contributed by atoms with Crippen LogP contribution in [0.25, 0.3) is 11.1 Å². The highest BCUT2D eigenvalue weighted by Gasteiger charge is 2.30. The van der Waals surface area contributed by atoms with E-state index in [4.69, 9.17) is 9.47 Å². The molecule has 0 saturated carbocycles. The molecule has 4 aromatic rings. The molecule has 5 heteroatoms. The van der Waals surface area contributed by atoms with Crippen LogP contribution in [0.2, 0.25) is 0 Å². The number of rotatable bonds is 6. The third-order valence-corrected chi connectivity index (χ3v) is 5.90. The summed E-state index contributed by atoms with van der Waals surface area (Å²) in [6, 6.07) is 27.7. The van der Waals surface area contributed by atoms with E-state index >= 15 is 0 Å². The normalized spacial score (nSPS) is 12.4. The number of ketones is 2. The number of hydrogen-bond acceptors (Lipinski definition) is 5. The van der Waals surface area contributed by atoms with Crippen molar-refractivity contribution in [2.45, 2.75) is 6.10 Å². The van der Waals surface area contributed by atoms with Crippen molar-refractivity contribution >= 4 is 17.5 Å². The van der Waals surface area contributed by atoms with Crippen LogP contribution < -0.4 is 4.74 Å². The number of benzene rings is 4. The van der Waals surface area contributed by atoms with Crippen LogP contribution in [0, 0.1) is 0 Å². The van der Waals surface area contributed by atoms with E-state index in [2.05, 4.69) is 0 Å². The first-order valence-electron chi connectivity index (χ1n) is 10.8. The molecule has 0 aromatic heterocycles. The zero-order valence-corrected chi connectivity index (χ0v) is 18.4. The van der Waals surface area contributed by atoms with Crippen molar-refractivity contribution in [3.8, 4) is 16.9 Å². The van der Waals surface area contributed by atoms with Crippen LogP contribution in [0.5, 0.6) is 5.75 Å². The second-order valence-electron chi connectivity index (χ2n) is 7.92. The van der Waals surface area contributed by atoms with Gasteiger partial charge in [0.05, 0.1) is 12.7 Å². The maximum atomic E-state index is 13.3. The minimum Gasteiger partial charge on any atom is -0.497 e. The van der Waals surface area contributed by atoms with Gasteiger partial charge in [0.25, 0.3) is 0 Å². The zero-order chi connectivity index (χ0) is 23.7. The van der Waals surface area contributed by atoms with Gasteiger partial charge < -0.3 is 9.47 Å². The minimum absolute atomic E-state index is 0.0673. The van der Waals surface area contributed by atoms with E-state index in [0.717, 1.165) is 5.56 Å². The topological polar surface area (TPSA) is 69.7 Å². The fourth-order valence-electron chi connectivity index (χ4n) is 4.14. The second kappa shape index (κ2) is 8.79. The average Bonchev–Trinajstić information content (AvgIpc) is 3.18. The van der Waals surface area contributed by atoms with Gasteiger partial charge in [-0.25, -0.2) is 4.79 Å². The molecule has 0 fully saturated rings. The van der Waals surface area contributed by atoms with E-state index in [0.29, 0.717) is 33.6 Å². The monoisotopic (exact) mass is 448 g/mol. The van der Waals surface area contributed by atoms with Gasteiger partial charge in [0.15, 0.2) is 11.9 Å². The molecule has 0 aliphatic heterocycles. The molecular formula is C29H20O5. The third kappa shape index (κ3) is 3.77. The number of esters is 1. The molecule has 0 saturated heterocycles. The molecule has 0 spiro atoms. The van der Waals surface area contributed by atoms with E-state index in [1.165, 1.54) is 0 Å². The van der Waals surface area contributed by atoms with Crippen LogP contribution in [0.15, 0.2) is 97.1 Å². The zero-order valence-electron chi connectivity index (χ0n) is 18.4. The number of carbonyl (C=O) groups is 3. The first-order valence-corrected chi connectivity index (χ1v) is 10.8. The summed E-state index contributed by atoms with van der Waals surface area (Å²) in [5, 5.41) is 0. The van der Waals surface area contributed by atoms with Crippen molar-refractivity contribution in [1.82, 2.24) is 0 Å². The van der Waals surface area contributed by atoms with Crippen LogP contribution >= 0.6 is 0 Å². The Morgan fingerprint density at radius 3 is 2.00 bits per heavy atom. The van der Waals surface area contributed by atoms with Gasteiger partial charge in [-0.1, -0.05) is 54.6 Å². The van der Waals surface area contributed by atoms with Crippen molar-refractivity contribution < 1.29 is 23.9 Å². The number of fused-ring (bicyclic) bond motifs is 3. The van der Waals surface area contributed by atoms with Gasteiger partial charge in [-0.05, 0) is 53.6 Å². The predicted molar refractivity (Wildman–Crippen MR) is 127 cm³/mol. The van der Waals surface area contributed by atoms with Gasteiger partial charge in [-0.3, -0.25) is 9.59 Å². The summed E-state index contributed by atoms with van der Waals surface area (Å²) in [6.07, 6.45) is -1.12. The molecule has 5 nitrogen and oxygen atoms in total. The van der Waals surface area contributed by atoms with E-state index < -0.39 is 12.1 Å². The molecule has 0 N–H and O–H groups in total. The molecule has 0 amide bonds. The Morgan fingerprint density at radius 1 is 0.676 bits per heavy atom.